The predicted molar refractivity (Wildman–Crippen MR) is 119 cm³/mol. The SMILES string of the molecule is Cn1cc(C(=O)NCc2ccc(Cl)cc2)c(=O)c2cc(CC#CC(O)c3ccco3)oc21. The van der Waals surface area contributed by atoms with Crippen molar-refractivity contribution >= 4 is 28.6 Å². The Hall–Kier alpha value is -3.73. The smallest absolute Gasteiger partial charge is 0.257 e. The molecule has 0 saturated heterocycles. The van der Waals surface area contributed by atoms with Gasteiger partial charge < -0.3 is 23.8 Å². The Morgan fingerprint density at radius 1 is 1.28 bits per heavy atom. The van der Waals surface area contributed by atoms with Gasteiger partial charge >= 0.3 is 0 Å². The average molecular weight is 451 g/mol. The predicted octanol–water partition coefficient (Wildman–Crippen LogP) is 3.59. The van der Waals surface area contributed by atoms with Crippen LogP contribution in [0.2, 0.25) is 5.02 Å². The summed E-state index contributed by atoms with van der Waals surface area (Å²) in [5.74, 6) is 5.80. The lowest BCUT2D eigenvalue weighted by Gasteiger charge is -2.07. The quantitative estimate of drug-likeness (QED) is 0.453. The number of halogens is 1. The van der Waals surface area contributed by atoms with Crippen LogP contribution in [0.5, 0.6) is 0 Å². The Morgan fingerprint density at radius 3 is 2.78 bits per heavy atom. The van der Waals surface area contributed by atoms with E-state index >= 15 is 0 Å². The van der Waals surface area contributed by atoms with Crippen molar-refractivity contribution in [3.05, 3.63) is 92.8 Å². The van der Waals surface area contributed by atoms with Gasteiger partial charge in [0.05, 0.1) is 18.1 Å². The molecule has 1 amide bonds. The molecule has 1 unspecified atom stereocenters. The van der Waals surface area contributed by atoms with Gasteiger partial charge in [-0.05, 0) is 35.9 Å². The molecule has 4 rings (SSSR count). The summed E-state index contributed by atoms with van der Waals surface area (Å²) in [4.78, 5) is 25.5. The fourth-order valence-corrected chi connectivity index (χ4v) is 3.32. The molecule has 0 aliphatic rings. The molecule has 162 valence electrons. The minimum atomic E-state index is -1.04. The van der Waals surface area contributed by atoms with Crippen LogP contribution in [-0.2, 0) is 20.0 Å². The largest absolute Gasteiger partial charge is 0.466 e. The number of rotatable bonds is 5. The third-order valence-electron chi connectivity index (χ3n) is 4.82. The van der Waals surface area contributed by atoms with Crippen LogP contribution >= 0.6 is 11.6 Å². The zero-order chi connectivity index (χ0) is 22.7. The molecule has 2 N–H and O–H groups in total. The van der Waals surface area contributed by atoms with Gasteiger partial charge in [-0.3, -0.25) is 9.59 Å². The van der Waals surface area contributed by atoms with Crippen molar-refractivity contribution in [2.45, 2.75) is 19.1 Å². The number of aromatic nitrogens is 1. The normalized spacial score (nSPS) is 11.7. The molecule has 3 heterocycles. The first-order valence-electron chi connectivity index (χ1n) is 9.77. The first kappa shape index (κ1) is 21.5. The fourth-order valence-electron chi connectivity index (χ4n) is 3.19. The van der Waals surface area contributed by atoms with E-state index in [9.17, 15) is 14.7 Å². The van der Waals surface area contributed by atoms with Crippen molar-refractivity contribution in [2.75, 3.05) is 0 Å². The number of amides is 1. The van der Waals surface area contributed by atoms with Crippen LogP contribution in [0, 0.1) is 11.8 Å². The van der Waals surface area contributed by atoms with E-state index in [-0.39, 0.29) is 23.9 Å². The topological polar surface area (TPSA) is 97.6 Å². The number of carbonyl (C=O) groups is 1. The molecule has 3 aromatic heterocycles. The molecule has 1 aromatic carbocycles. The number of carbonyl (C=O) groups excluding carboxylic acids is 1. The highest BCUT2D eigenvalue weighted by Crippen LogP contribution is 2.18. The third-order valence-corrected chi connectivity index (χ3v) is 5.07. The lowest BCUT2D eigenvalue weighted by atomic mass is 10.1. The number of aliphatic hydroxyl groups excluding tert-OH is 1. The average Bonchev–Trinajstić information content (AvgIpc) is 3.46. The molecular formula is C24H19ClN2O5. The molecule has 0 radical (unpaired) electrons. The minimum Gasteiger partial charge on any atom is -0.466 e. The van der Waals surface area contributed by atoms with E-state index in [0.717, 1.165) is 5.56 Å². The third kappa shape index (κ3) is 4.62. The Balaban J connectivity index is 1.52. The van der Waals surface area contributed by atoms with Crippen LogP contribution in [0.4, 0.5) is 0 Å². The van der Waals surface area contributed by atoms with Gasteiger partial charge in [-0.1, -0.05) is 35.6 Å². The highest BCUT2D eigenvalue weighted by Gasteiger charge is 2.17. The van der Waals surface area contributed by atoms with Crippen molar-refractivity contribution in [1.82, 2.24) is 9.88 Å². The van der Waals surface area contributed by atoms with Gasteiger partial charge in [0.1, 0.15) is 17.1 Å². The summed E-state index contributed by atoms with van der Waals surface area (Å²) in [6.45, 7) is 0.265. The monoisotopic (exact) mass is 450 g/mol. The Kier molecular flexibility index (Phi) is 6.17. The number of benzene rings is 1. The van der Waals surface area contributed by atoms with Gasteiger partial charge in [0.25, 0.3) is 5.91 Å². The van der Waals surface area contributed by atoms with Gasteiger partial charge in [0, 0.05) is 24.8 Å². The zero-order valence-electron chi connectivity index (χ0n) is 17.1. The number of aliphatic hydroxyl groups is 1. The number of hydrogen-bond acceptors (Lipinski definition) is 5. The van der Waals surface area contributed by atoms with Crippen molar-refractivity contribution < 1.29 is 18.7 Å². The van der Waals surface area contributed by atoms with Gasteiger partial charge in [-0.15, -0.1) is 0 Å². The van der Waals surface area contributed by atoms with Gasteiger partial charge in [-0.25, -0.2) is 0 Å². The van der Waals surface area contributed by atoms with Gasteiger partial charge in [-0.2, -0.15) is 0 Å². The molecule has 0 saturated carbocycles. The molecule has 7 nitrogen and oxygen atoms in total. The molecule has 32 heavy (non-hydrogen) atoms. The zero-order valence-corrected chi connectivity index (χ0v) is 17.8. The summed E-state index contributed by atoms with van der Waals surface area (Å²) in [6, 6.07) is 11.9. The van der Waals surface area contributed by atoms with Crippen molar-refractivity contribution in [1.29, 1.82) is 0 Å². The molecule has 1 atom stereocenters. The standard InChI is InChI=1S/C24H19ClN2O5/c1-27-14-19(23(30)26-13-15-7-9-16(25)10-8-15)22(29)18-12-17(32-24(18)27)4-2-5-20(28)21-6-3-11-31-21/h3,6-12,14,20,28H,4,13H2,1H3,(H,26,30). The number of nitrogens with one attached hydrogen (secondary N) is 1. The van der Waals surface area contributed by atoms with Crippen LogP contribution in [-0.4, -0.2) is 15.6 Å². The Labute approximate surface area is 188 Å². The number of aryl methyl sites for hydroxylation is 1. The molecule has 0 fully saturated rings. The summed E-state index contributed by atoms with van der Waals surface area (Å²) in [5, 5.41) is 13.6. The first-order valence-corrected chi connectivity index (χ1v) is 10.1. The van der Waals surface area contributed by atoms with E-state index < -0.39 is 17.4 Å². The first-order chi connectivity index (χ1) is 15.4. The second-order valence-corrected chi connectivity index (χ2v) is 7.58. The second kappa shape index (κ2) is 9.18. The molecule has 8 heteroatoms. The minimum absolute atomic E-state index is 0.0145. The van der Waals surface area contributed by atoms with Crippen LogP contribution in [0.3, 0.4) is 0 Å². The maximum absolute atomic E-state index is 12.9. The summed E-state index contributed by atoms with van der Waals surface area (Å²) in [5.41, 5.74) is 0.792. The fraction of sp³-hybridized carbons (Fsp3) is 0.167. The van der Waals surface area contributed by atoms with E-state index in [4.69, 9.17) is 20.4 Å². The Bertz CT molecular complexity index is 1370. The second-order valence-electron chi connectivity index (χ2n) is 7.14. The maximum atomic E-state index is 12.9. The lowest BCUT2D eigenvalue weighted by Crippen LogP contribution is -2.29. The maximum Gasteiger partial charge on any atom is 0.257 e. The van der Waals surface area contributed by atoms with Crippen molar-refractivity contribution in [2.24, 2.45) is 7.05 Å². The highest BCUT2D eigenvalue weighted by atomic mass is 35.5. The van der Waals surface area contributed by atoms with Crippen molar-refractivity contribution in [3.8, 4) is 11.8 Å². The van der Waals surface area contributed by atoms with E-state index in [1.807, 2.05) is 0 Å². The number of furan rings is 2. The molecule has 0 bridgehead atoms. The molecular weight excluding hydrogens is 432 g/mol. The van der Waals surface area contributed by atoms with E-state index in [2.05, 4.69) is 17.2 Å². The van der Waals surface area contributed by atoms with Crippen LogP contribution < -0.4 is 10.7 Å². The number of fused-ring (bicyclic) bond motifs is 1. The van der Waals surface area contributed by atoms with Crippen LogP contribution in [0.15, 0.2) is 68.6 Å². The van der Waals surface area contributed by atoms with Gasteiger partial charge in [0.2, 0.25) is 11.1 Å². The molecule has 0 aliphatic heterocycles. The number of pyridine rings is 1. The lowest BCUT2D eigenvalue weighted by molar-refractivity contribution is 0.0949. The number of nitrogens with zero attached hydrogens (tertiary/aromatic N) is 1. The van der Waals surface area contributed by atoms with E-state index in [1.54, 1.807) is 54.1 Å². The molecule has 4 aromatic rings. The highest BCUT2D eigenvalue weighted by molar-refractivity contribution is 6.30. The van der Waals surface area contributed by atoms with Crippen LogP contribution in [0.1, 0.15) is 33.5 Å². The Morgan fingerprint density at radius 2 is 2.06 bits per heavy atom. The van der Waals surface area contributed by atoms with Crippen LogP contribution in [0.25, 0.3) is 11.1 Å². The summed E-state index contributed by atoms with van der Waals surface area (Å²) < 4.78 is 12.4. The van der Waals surface area contributed by atoms with E-state index in [1.165, 1.54) is 12.5 Å². The molecule has 0 aliphatic carbocycles. The number of hydrogen-bond donors (Lipinski definition) is 2. The summed E-state index contributed by atoms with van der Waals surface area (Å²) in [7, 11) is 1.69. The summed E-state index contributed by atoms with van der Waals surface area (Å²) in [6.07, 6.45) is 2.04. The van der Waals surface area contributed by atoms with Gasteiger partial charge in [0.15, 0.2) is 6.10 Å². The summed E-state index contributed by atoms with van der Waals surface area (Å²) >= 11 is 5.87. The van der Waals surface area contributed by atoms with Crippen molar-refractivity contribution in [3.63, 3.8) is 0 Å². The van der Waals surface area contributed by atoms with E-state index in [0.29, 0.717) is 22.3 Å². The molecule has 0 spiro atoms.